The first-order valence-corrected chi connectivity index (χ1v) is 14.8. The number of pyridine rings is 2. The van der Waals surface area contributed by atoms with Gasteiger partial charge in [-0.1, -0.05) is 30.3 Å². The van der Waals surface area contributed by atoms with Crippen LogP contribution in [0.4, 0.5) is 15.8 Å². The Morgan fingerprint density at radius 1 is 0.891 bits per heavy atom. The Hall–Kier alpha value is -5.94. The van der Waals surface area contributed by atoms with Crippen LogP contribution in [0.5, 0.6) is 0 Å². The summed E-state index contributed by atoms with van der Waals surface area (Å²) in [6.45, 7) is 1.52. The van der Waals surface area contributed by atoms with E-state index >= 15 is 0 Å². The van der Waals surface area contributed by atoms with Gasteiger partial charge in [-0.05, 0) is 68.2 Å². The van der Waals surface area contributed by atoms with E-state index in [1.807, 2.05) is 68.7 Å². The van der Waals surface area contributed by atoms with E-state index in [-0.39, 0.29) is 11.7 Å². The monoisotopic (exact) mass is 611 g/mol. The zero-order valence-corrected chi connectivity index (χ0v) is 25.2. The third kappa shape index (κ3) is 5.91. The predicted octanol–water partition coefficient (Wildman–Crippen LogP) is 6.60. The van der Waals surface area contributed by atoms with Gasteiger partial charge in [-0.2, -0.15) is 5.10 Å². The van der Waals surface area contributed by atoms with Gasteiger partial charge in [0.25, 0.3) is 5.91 Å². The molecule has 0 fully saturated rings. The van der Waals surface area contributed by atoms with E-state index in [2.05, 4.69) is 40.7 Å². The van der Waals surface area contributed by atoms with Crippen molar-refractivity contribution in [3.63, 3.8) is 0 Å². The molecule has 10 nitrogen and oxygen atoms in total. The number of rotatable bonds is 9. The number of H-pyrrole nitrogens is 2. The highest BCUT2D eigenvalue weighted by atomic mass is 19.1. The van der Waals surface area contributed by atoms with Gasteiger partial charge in [0.2, 0.25) is 0 Å². The Morgan fingerprint density at radius 2 is 1.72 bits per heavy atom. The fourth-order valence-corrected chi connectivity index (χ4v) is 5.35. The van der Waals surface area contributed by atoms with Crippen molar-refractivity contribution in [1.82, 2.24) is 35.0 Å². The number of anilines is 2. The van der Waals surface area contributed by atoms with E-state index in [9.17, 15) is 9.18 Å². The van der Waals surface area contributed by atoms with Gasteiger partial charge in [-0.3, -0.25) is 14.9 Å². The number of halogens is 1. The van der Waals surface area contributed by atoms with Crippen LogP contribution in [0.3, 0.4) is 0 Å². The first-order valence-electron chi connectivity index (χ1n) is 14.8. The second-order valence-corrected chi connectivity index (χ2v) is 11.2. The first-order chi connectivity index (χ1) is 22.4. The van der Waals surface area contributed by atoms with E-state index in [4.69, 9.17) is 4.98 Å². The number of aromatic amines is 2. The maximum absolute atomic E-state index is 14.7. The summed E-state index contributed by atoms with van der Waals surface area (Å²) in [5.41, 5.74) is 7.62. The zero-order chi connectivity index (χ0) is 31.6. The first kappa shape index (κ1) is 28.8. The van der Waals surface area contributed by atoms with Gasteiger partial charge < -0.3 is 20.5 Å². The molecule has 7 rings (SSSR count). The van der Waals surface area contributed by atoms with E-state index in [1.54, 1.807) is 30.7 Å². The lowest BCUT2D eigenvalue weighted by molar-refractivity contribution is 0.102. The Bertz CT molecular complexity index is 2190. The van der Waals surface area contributed by atoms with Gasteiger partial charge in [-0.15, -0.1) is 0 Å². The molecule has 0 saturated carbocycles. The molecule has 0 aliphatic heterocycles. The maximum atomic E-state index is 14.7. The van der Waals surface area contributed by atoms with Crippen molar-refractivity contribution in [3.05, 3.63) is 109 Å². The van der Waals surface area contributed by atoms with E-state index < -0.39 is 0 Å². The fourth-order valence-electron chi connectivity index (χ4n) is 5.35. The van der Waals surface area contributed by atoms with Crippen molar-refractivity contribution in [3.8, 4) is 33.8 Å². The van der Waals surface area contributed by atoms with Crippen LogP contribution in [0, 0.1) is 5.82 Å². The minimum Gasteiger partial charge on any atom is -0.384 e. The second-order valence-electron chi connectivity index (χ2n) is 11.2. The number of nitrogens with one attached hydrogen (secondary N) is 4. The molecule has 4 heterocycles. The van der Waals surface area contributed by atoms with Gasteiger partial charge >= 0.3 is 0 Å². The summed E-state index contributed by atoms with van der Waals surface area (Å²) in [5, 5.41) is 14.5. The second kappa shape index (κ2) is 12.2. The molecule has 7 aromatic rings. The molecule has 4 N–H and O–H groups in total. The standard InChI is InChI=1S/C35H30FN9O/c1-45(2)12-11-38-26-14-22(13-25(36)17-26)28-9-6-10-30-31(28)42-34(41-30)32-29-16-24(19-39-33(29)44-43-32)23-15-27(20-37-18-23)40-35(46)21-7-4-3-5-8-21/h3-10,13-20,38H,11-12H2,1-2H3,(H,40,46)(H,41,42)(H,39,43,44). The minimum absolute atomic E-state index is 0.218. The van der Waals surface area contributed by atoms with Crippen molar-refractivity contribution in [2.24, 2.45) is 0 Å². The number of carbonyl (C=O) groups is 1. The van der Waals surface area contributed by atoms with Crippen molar-refractivity contribution < 1.29 is 9.18 Å². The summed E-state index contributed by atoms with van der Waals surface area (Å²) in [6, 6.07) is 23.6. The number of nitrogens with zero attached hydrogens (tertiary/aromatic N) is 5. The Kier molecular flexibility index (Phi) is 7.65. The summed E-state index contributed by atoms with van der Waals surface area (Å²) in [4.78, 5) is 32.0. The lowest BCUT2D eigenvalue weighted by atomic mass is 10.0. The average Bonchev–Trinajstić information content (AvgIpc) is 3.69. The highest BCUT2D eigenvalue weighted by molar-refractivity contribution is 6.04. The van der Waals surface area contributed by atoms with Gasteiger partial charge in [-0.25, -0.2) is 14.4 Å². The number of carbonyl (C=O) groups excluding carboxylic acids is 1. The molecule has 1 amide bonds. The molecule has 0 saturated heterocycles. The van der Waals surface area contributed by atoms with Crippen molar-refractivity contribution in [1.29, 1.82) is 0 Å². The summed E-state index contributed by atoms with van der Waals surface area (Å²) in [6.07, 6.45) is 5.05. The van der Waals surface area contributed by atoms with Crippen LogP contribution < -0.4 is 10.6 Å². The number of para-hydroxylation sites is 1. The minimum atomic E-state index is -0.326. The van der Waals surface area contributed by atoms with Gasteiger partial charge in [0.15, 0.2) is 11.5 Å². The molecular weight excluding hydrogens is 581 g/mol. The van der Waals surface area contributed by atoms with Gasteiger partial charge in [0.1, 0.15) is 11.5 Å². The Morgan fingerprint density at radius 3 is 2.57 bits per heavy atom. The number of hydrogen-bond donors (Lipinski definition) is 4. The van der Waals surface area contributed by atoms with Crippen molar-refractivity contribution >= 4 is 39.3 Å². The Labute approximate surface area is 263 Å². The van der Waals surface area contributed by atoms with Crippen LogP contribution in [-0.2, 0) is 0 Å². The number of aromatic nitrogens is 6. The molecule has 0 bridgehead atoms. The molecule has 3 aromatic carbocycles. The van der Waals surface area contributed by atoms with Gasteiger partial charge in [0, 0.05) is 53.4 Å². The predicted molar refractivity (Wildman–Crippen MR) is 179 cm³/mol. The summed E-state index contributed by atoms with van der Waals surface area (Å²) >= 11 is 0. The quantitative estimate of drug-likeness (QED) is 0.145. The normalized spacial score (nSPS) is 11.4. The van der Waals surface area contributed by atoms with E-state index in [0.29, 0.717) is 46.2 Å². The largest absolute Gasteiger partial charge is 0.384 e. The number of imidazole rings is 1. The number of hydrogen-bond acceptors (Lipinski definition) is 7. The lowest BCUT2D eigenvalue weighted by Crippen LogP contribution is -2.20. The molecule has 11 heteroatoms. The number of likely N-dealkylation sites (N-methyl/N-ethyl adjacent to an activating group) is 1. The molecule has 0 atom stereocenters. The number of benzene rings is 3. The molecule has 228 valence electrons. The molecule has 0 aliphatic rings. The fraction of sp³-hybridized carbons (Fsp3) is 0.114. The maximum Gasteiger partial charge on any atom is 0.255 e. The van der Waals surface area contributed by atoms with Crippen molar-refractivity contribution in [2.45, 2.75) is 0 Å². The highest BCUT2D eigenvalue weighted by Gasteiger charge is 2.17. The van der Waals surface area contributed by atoms with Crippen molar-refractivity contribution in [2.75, 3.05) is 37.8 Å². The number of amides is 1. The summed E-state index contributed by atoms with van der Waals surface area (Å²) in [7, 11) is 4.00. The average molecular weight is 612 g/mol. The SMILES string of the molecule is CN(C)CCNc1cc(F)cc(-c2cccc3[nH]c(-c4n[nH]c5ncc(-c6cncc(NC(=O)c7ccccc7)c6)cc45)nc23)c1. The highest BCUT2D eigenvalue weighted by Crippen LogP contribution is 2.34. The topological polar surface area (TPSA) is 128 Å². The molecule has 0 aliphatic carbocycles. The van der Waals surface area contributed by atoms with Gasteiger partial charge in [0.05, 0.1) is 28.3 Å². The number of fused-ring (bicyclic) bond motifs is 2. The third-order valence-corrected chi connectivity index (χ3v) is 7.62. The molecule has 0 radical (unpaired) electrons. The molecule has 0 spiro atoms. The third-order valence-electron chi connectivity index (χ3n) is 7.62. The molecule has 46 heavy (non-hydrogen) atoms. The van der Waals surface area contributed by atoms with Crippen LogP contribution in [0.25, 0.3) is 55.8 Å². The van der Waals surface area contributed by atoms with Crippen LogP contribution in [0.2, 0.25) is 0 Å². The summed E-state index contributed by atoms with van der Waals surface area (Å²) in [5.74, 6) is 0.00708. The molecule has 4 aromatic heterocycles. The Balaban J connectivity index is 1.21. The summed E-state index contributed by atoms with van der Waals surface area (Å²) < 4.78 is 14.7. The van der Waals surface area contributed by atoms with E-state index in [0.717, 1.165) is 39.7 Å². The van der Waals surface area contributed by atoms with Crippen LogP contribution in [0.1, 0.15) is 10.4 Å². The smallest absolute Gasteiger partial charge is 0.255 e. The zero-order valence-electron chi connectivity index (χ0n) is 25.2. The lowest BCUT2D eigenvalue weighted by Gasteiger charge is -2.13. The van der Waals surface area contributed by atoms with Crippen LogP contribution in [-0.4, -0.2) is 68.1 Å². The van der Waals surface area contributed by atoms with Crippen LogP contribution in [0.15, 0.2) is 97.5 Å². The molecule has 0 unspecified atom stereocenters. The molecular formula is C35H30FN9O. The van der Waals surface area contributed by atoms with Crippen LogP contribution >= 0.6 is 0 Å². The van der Waals surface area contributed by atoms with E-state index in [1.165, 1.54) is 12.1 Å².